The summed E-state index contributed by atoms with van der Waals surface area (Å²) in [5.74, 6) is 0. The van der Waals surface area contributed by atoms with Crippen molar-refractivity contribution in [2.75, 3.05) is 6.61 Å². The Morgan fingerprint density at radius 2 is 1.93 bits per heavy atom. The van der Waals surface area contributed by atoms with E-state index in [9.17, 15) is 0 Å². The van der Waals surface area contributed by atoms with Crippen LogP contribution in [-0.4, -0.2) is 11.7 Å². The van der Waals surface area contributed by atoms with Gasteiger partial charge in [0, 0.05) is 0 Å². The fraction of sp³-hybridized carbons (Fsp3) is 0.538. The second-order valence-corrected chi connectivity index (χ2v) is 3.85. The van der Waals surface area contributed by atoms with E-state index in [1.165, 1.54) is 11.1 Å². The van der Waals surface area contributed by atoms with Crippen molar-refractivity contribution in [3.8, 4) is 0 Å². The SMILES string of the molecule is C=CC/C(CO)=C(\C)CCC=C(C)C. The Kier molecular flexibility index (Phi) is 7.13. The molecule has 0 aromatic rings. The molecule has 1 heteroatoms. The number of hydrogen-bond donors (Lipinski definition) is 1. The summed E-state index contributed by atoms with van der Waals surface area (Å²) < 4.78 is 0. The highest BCUT2D eigenvalue weighted by molar-refractivity contribution is 5.16. The smallest absolute Gasteiger partial charge is 0.0647 e. The molecule has 0 aromatic carbocycles. The van der Waals surface area contributed by atoms with Crippen LogP contribution in [-0.2, 0) is 0 Å². The lowest BCUT2D eigenvalue weighted by Gasteiger charge is -2.06. The molecule has 80 valence electrons. The number of allylic oxidation sites excluding steroid dienone is 4. The Balaban J connectivity index is 4.18. The fourth-order valence-electron chi connectivity index (χ4n) is 1.30. The van der Waals surface area contributed by atoms with E-state index in [0.29, 0.717) is 0 Å². The first kappa shape index (κ1) is 13.2. The molecule has 0 saturated heterocycles. The van der Waals surface area contributed by atoms with Crippen LogP contribution < -0.4 is 0 Å². The Morgan fingerprint density at radius 3 is 2.36 bits per heavy atom. The molecule has 0 rings (SSSR count). The van der Waals surface area contributed by atoms with Crippen LogP contribution in [0.25, 0.3) is 0 Å². The third-order valence-electron chi connectivity index (χ3n) is 2.26. The highest BCUT2D eigenvalue weighted by atomic mass is 16.3. The molecule has 1 N–H and O–H groups in total. The average Bonchev–Trinajstić information content (AvgIpc) is 2.13. The molecule has 0 atom stereocenters. The molecule has 0 amide bonds. The van der Waals surface area contributed by atoms with Gasteiger partial charge in [0.2, 0.25) is 0 Å². The first-order chi connectivity index (χ1) is 6.61. The van der Waals surface area contributed by atoms with Crippen molar-refractivity contribution >= 4 is 0 Å². The first-order valence-electron chi connectivity index (χ1n) is 5.14. The Labute approximate surface area is 87.8 Å². The van der Waals surface area contributed by atoms with Crippen molar-refractivity contribution in [1.82, 2.24) is 0 Å². The molecule has 0 fully saturated rings. The lowest BCUT2D eigenvalue weighted by molar-refractivity contribution is 0.327. The van der Waals surface area contributed by atoms with Crippen LogP contribution in [0.2, 0.25) is 0 Å². The lowest BCUT2D eigenvalue weighted by atomic mass is 10.0. The van der Waals surface area contributed by atoms with Crippen molar-refractivity contribution in [1.29, 1.82) is 0 Å². The summed E-state index contributed by atoms with van der Waals surface area (Å²) in [5, 5.41) is 9.12. The van der Waals surface area contributed by atoms with Gasteiger partial charge in [0.25, 0.3) is 0 Å². The van der Waals surface area contributed by atoms with Crippen LogP contribution in [0.4, 0.5) is 0 Å². The Bertz CT molecular complexity index is 230. The first-order valence-corrected chi connectivity index (χ1v) is 5.14. The second-order valence-electron chi connectivity index (χ2n) is 3.85. The summed E-state index contributed by atoms with van der Waals surface area (Å²) in [4.78, 5) is 0. The van der Waals surface area contributed by atoms with E-state index in [-0.39, 0.29) is 6.61 Å². The molecule has 0 aromatic heterocycles. The molecule has 0 radical (unpaired) electrons. The van der Waals surface area contributed by atoms with Crippen LogP contribution in [0, 0.1) is 0 Å². The molecular formula is C13H22O. The zero-order valence-electron chi connectivity index (χ0n) is 9.64. The number of hydrogen-bond acceptors (Lipinski definition) is 1. The van der Waals surface area contributed by atoms with Crippen LogP contribution in [0.3, 0.4) is 0 Å². The molecule has 0 saturated carbocycles. The van der Waals surface area contributed by atoms with Gasteiger partial charge in [-0.2, -0.15) is 0 Å². The van der Waals surface area contributed by atoms with Gasteiger partial charge in [0.15, 0.2) is 0 Å². The summed E-state index contributed by atoms with van der Waals surface area (Å²) >= 11 is 0. The van der Waals surface area contributed by atoms with Gasteiger partial charge in [-0.25, -0.2) is 0 Å². The van der Waals surface area contributed by atoms with Crippen molar-refractivity contribution < 1.29 is 5.11 Å². The van der Waals surface area contributed by atoms with Crippen LogP contribution in [0.1, 0.15) is 40.0 Å². The lowest BCUT2D eigenvalue weighted by Crippen LogP contribution is -1.94. The topological polar surface area (TPSA) is 20.2 Å². The van der Waals surface area contributed by atoms with Crippen LogP contribution in [0.5, 0.6) is 0 Å². The number of aliphatic hydroxyl groups excluding tert-OH is 1. The maximum absolute atomic E-state index is 9.12. The van der Waals surface area contributed by atoms with Gasteiger partial charge in [0.1, 0.15) is 0 Å². The van der Waals surface area contributed by atoms with E-state index in [0.717, 1.165) is 24.8 Å². The number of aliphatic hydroxyl groups is 1. The van der Waals surface area contributed by atoms with Gasteiger partial charge >= 0.3 is 0 Å². The van der Waals surface area contributed by atoms with E-state index in [1.54, 1.807) is 0 Å². The molecule has 0 aliphatic carbocycles. The maximum Gasteiger partial charge on any atom is 0.0647 e. The van der Waals surface area contributed by atoms with Gasteiger partial charge < -0.3 is 5.11 Å². The normalized spacial score (nSPS) is 12.0. The highest BCUT2D eigenvalue weighted by Gasteiger charge is 1.98. The molecule has 0 spiro atoms. The summed E-state index contributed by atoms with van der Waals surface area (Å²) in [7, 11) is 0. The quantitative estimate of drug-likeness (QED) is 0.640. The average molecular weight is 194 g/mol. The monoisotopic (exact) mass is 194 g/mol. The zero-order valence-corrected chi connectivity index (χ0v) is 9.64. The molecule has 0 aliphatic rings. The minimum Gasteiger partial charge on any atom is -0.392 e. The minimum atomic E-state index is 0.159. The molecule has 1 nitrogen and oxygen atoms in total. The Morgan fingerprint density at radius 1 is 1.29 bits per heavy atom. The molecule has 14 heavy (non-hydrogen) atoms. The molecule has 0 unspecified atom stereocenters. The van der Waals surface area contributed by atoms with Gasteiger partial charge in [-0.15, -0.1) is 6.58 Å². The van der Waals surface area contributed by atoms with E-state index < -0.39 is 0 Å². The predicted molar refractivity (Wildman–Crippen MR) is 63.3 cm³/mol. The number of rotatable bonds is 6. The largest absolute Gasteiger partial charge is 0.392 e. The summed E-state index contributed by atoms with van der Waals surface area (Å²) in [6, 6.07) is 0. The van der Waals surface area contributed by atoms with Gasteiger partial charge in [-0.1, -0.05) is 23.3 Å². The van der Waals surface area contributed by atoms with E-state index >= 15 is 0 Å². The standard InChI is InChI=1S/C13H22O/c1-5-7-13(10-14)12(4)9-6-8-11(2)3/h5,8,14H,1,6-7,9-10H2,2-4H3/b13-12-. The van der Waals surface area contributed by atoms with Gasteiger partial charge in [0.05, 0.1) is 6.61 Å². The van der Waals surface area contributed by atoms with E-state index in [4.69, 9.17) is 5.11 Å². The molecule has 0 heterocycles. The predicted octanol–water partition coefficient (Wildman–Crippen LogP) is 3.62. The minimum absolute atomic E-state index is 0.159. The molecule has 0 bridgehead atoms. The zero-order chi connectivity index (χ0) is 11.0. The van der Waals surface area contributed by atoms with Crippen molar-refractivity contribution in [3.05, 3.63) is 35.5 Å². The fourth-order valence-corrected chi connectivity index (χ4v) is 1.30. The molecular weight excluding hydrogens is 172 g/mol. The summed E-state index contributed by atoms with van der Waals surface area (Å²) in [6.07, 6.45) is 6.98. The Hall–Kier alpha value is -0.820. The van der Waals surface area contributed by atoms with E-state index in [2.05, 4.69) is 33.4 Å². The van der Waals surface area contributed by atoms with Crippen LogP contribution in [0.15, 0.2) is 35.5 Å². The van der Waals surface area contributed by atoms with Crippen LogP contribution >= 0.6 is 0 Å². The highest BCUT2D eigenvalue weighted by Crippen LogP contribution is 2.14. The summed E-state index contributed by atoms with van der Waals surface area (Å²) in [5.41, 5.74) is 3.76. The summed E-state index contributed by atoms with van der Waals surface area (Å²) in [6.45, 7) is 10.1. The third-order valence-corrected chi connectivity index (χ3v) is 2.26. The van der Waals surface area contributed by atoms with Crippen molar-refractivity contribution in [2.24, 2.45) is 0 Å². The third kappa shape index (κ3) is 5.76. The van der Waals surface area contributed by atoms with Gasteiger partial charge in [-0.3, -0.25) is 0 Å². The van der Waals surface area contributed by atoms with E-state index in [1.807, 2.05) is 6.08 Å². The van der Waals surface area contributed by atoms with Crippen molar-refractivity contribution in [2.45, 2.75) is 40.0 Å². The second kappa shape index (κ2) is 7.57. The molecule has 0 aliphatic heterocycles. The van der Waals surface area contributed by atoms with Gasteiger partial charge in [-0.05, 0) is 45.6 Å². The van der Waals surface area contributed by atoms with Crippen molar-refractivity contribution in [3.63, 3.8) is 0 Å². The maximum atomic E-state index is 9.12.